The van der Waals surface area contributed by atoms with E-state index in [0.29, 0.717) is 0 Å². The summed E-state index contributed by atoms with van der Waals surface area (Å²) in [7, 11) is 0. The summed E-state index contributed by atoms with van der Waals surface area (Å²) >= 11 is 0. The zero-order valence-electron chi connectivity index (χ0n) is 10.3. The van der Waals surface area contributed by atoms with Gasteiger partial charge < -0.3 is 0 Å². The fraction of sp³-hybridized carbons (Fsp3) is 0.0667. The van der Waals surface area contributed by atoms with Crippen LogP contribution in [0.4, 0.5) is 8.78 Å². The van der Waals surface area contributed by atoms with Crippen molar-refractivity contribution in [2.45, 2.75) is 6.54 Å². The second kappa shape index (κ2) is 4.52. The summed E-state index contributed by atoms with van der Waals surface area (Å²) in [6.07, 6.45) is 0. The van der Waals surface area contributed by atoms with Gasteiger partial charge in [-0.05, 0) is 24.3 Å². The highest BCUT2D eigenvalue weighted by atomic mass is 19.1. The summed E-state index contributed by atoms with van der Waals surface area (Å²) in [5.41, 5.74) is 0.227. The highest BCUT2D eigenvalue weighted by molar-refractivity contribution is 6.21. The highest BCUT2D eigenvalue weighted by Crippen LogP contribution is 2.25. The van der Waals surface area contributed by atoms with E-state index in [1.54, 1.807) is 12.1 Å². The number of amides is 2. The second-order valence-electron chi connectivity index (χ2n) is 4.44. The number of carbonyl (C=O) groups excluding carboxylic acids is 2. The Labute approximate surface area is 113 Å². The normalized spacial score (nSPS) is 13.8. The van der Waals surface area contributed by atoms with Gasteiger partial charge in [0.2, 0.25) is 0 Å². The van der Waals surface area contributed by atoms with Crippen molar-refractivity contribution in [3.63, 3.8) is 0 Å². The minimum absolute atomic E-state index is 0.259. The lowest BCUT2D eigenvalue weighted by molar-refractivity contribution is 0.0639. The lowest BCUT2D eigenvalue weighted by Crippen LogP contribution is -2.30. The molecule has 20 heavy (non-hydrogen) atoms. The summed E-state index contributed by atoms with van der Waals surface area (Å²) in [5.74, 6) is -2.62. The molecule has 0 fully saturated rings. The topological polar surface area (TPSA) is 37.4 Å². The third kappa shape index (κ3) is 1.79. The lowest BCUT2D eigenvalue weighted by atomic mass is 10.1. The largest absolute Gasteiger partial charge is 0.270 e. The molecule has 1 aliphatic rings. The Morgan fingerprint density at radius 1 is 0.800 bits per heavy atom. The molecule has 1 heterocycles. The molecule has 0 N–H and O–H groups in total. The molecule has 0 aromatic heterocycles. The fourth-order valence-electron chi connectivity index (χ4n) is 2.22. The maximum Gasteiger partial charge on any atom is 0.261 e. The molecular formula is C15H9F2NO2. The van der Waals surface area contributed by atoms with Gasteiger partial charge in [0.15, 0.2) is 0 Å². The molecule has 5 heteroatoms. The molecule has 0 saturated carbocycles. The van der Waals surface area contributed by atoms with Crippen molar-refractivity contribution in [2.75, 3.05) is 0 Å². The standard InChI is InChI=1S/C15H9F2NO2/c16-12-6-3-7-13(17)11(12)8-18-14(19)9-4-1-2-5-10(9)15(18)20/h1-7H,8H2. The number of hydrogen-bond donors (Lipinski definition) is 0. The molecule has 2 aromatic rings. The average molecular weight is 273 g/mol. The molecular weight excluding hydrogens is 264 g/mol. The van der Waals surface area contributed by atoms with Crippen LogP contribution in [-0.4, -0.2) is 16.7 Å². The van der Waals surface area contributed by atoms with Gasteiger partial charge in [0.25, 0.3) is 11.8 Å². The zero-order chi connectivity index (χ0) is 14.3. The van der Waals surface area contributed by atoms with Gasteiger partial charge in [0, 0.05) is 5.56 Å². The third-order valence-corrected chi connectivity index (χ3v) is 3.26. The molecule has 0 saturated heterocycles. The van der Waals surface area contributed by atoms with Crippen molar-refractivity contribution in [3.8, 4) is 0 Å². The summed E-state index contributed by atoms with van der Waals surface area (Å²) < 4.78 is 27.2. The quantitative estimate of drug-likeness (QED) is 0.789. The first kappa shape index (κ1) is 12.5. The molecule has 3 nitrogen and oxygen atoms in total. The molecule has 2 aromatic carbocycles. The minimum atomic E-state index is -0.776. The Hall–Kier alpha value is -2.56. The van der Waals surface area contributed by atoms with Gasteiger partial charge >= 0.3 is 0 Å². The number of imide groups is 1. The first-order valence-corrected chi connectivity index (χ1v) is 5.97. The molecule has 0 bridgehead atoms. The molecule has 1 aliphatic heterocycles. The van der Waals surface area contributed by atoms with Crippen molar-refractivity contribution in [1.82, 2.24) is 4.90 Å². The first-order valence-electron chi connectivity index (χ1n) is 5.97. The van der Waals surface area contributed by atoms with Crippen molar-refractivity contribution in [3.05, 3.63) is 70.8 Å². The molecule has 0 unspecified atom stereocenters. The van der Waals surface area contributed by atoms with E-state index in [2.05, 4.69) is 0 Å². The monoisotopic (exact) mass is 273 g/mol. The SMILES string of the molecule is O=C1c2ccccc2C(=O)N1Cc1c(F)cccc1F. The van der Waals surface area contributed by atoms with Gasteiger partial charge in [0.1, 0.15) is 11.6 Å². The van der Waals surface area contributed by atoms with E-state index >= 15 is 0 Å². The summed E-state index contributed by atoms with van der Waals surface area (Å²) in [5, 5.41) is 0. The van der Waals surface area contributed by atoms with E-state index in [-0.39, 0.29) is 16.7 Å². The van der Waals surface area contributed by atoms with Crippen molar-refractivity contribution < 1.29 is 18.4 Å². The predicted octanol–water partition coefficient (Wildman–Crippen LogP) is 2.76. The number of hydrogen-bond acceptors (Lipinski definition) is 2. The third-order valence-electron chi connectivity index (χ3n) is 3.26. The van der Waals surface area contributed by atoms with E-state index < -0.39 is 30.0 Å². The van der Waals surface area contributed by atoms with E-state index in [1.165, 1.54) is 18.2 Å². The van der Waals surface area contributed by atoms with Crippen LogP contribution in [0.25, 0.3) is 0 Å². The maximum absolute atomic E-state index is 13.6. The first-order chi connectivity index (χ1) is 9.59. The average Bonchev–Trinajstić information content (AvgIpc) is 2.68. The Morgan fingerprint density at radius 2 is 1.30 bits per heavy atom. The van der Waals surface area contributed by atoms with Gasteiger partial charge in [0.05, 0.1) is 17.7 Å². The van der Waals surface area contributed by atoms with Gasteiger partial charge in [-0.15, -0.1) is 0 Å². The van der Waals surface area contributed by atoms with Crippen LogP contribution in [0.15, 0.2) is 42.5 Å². The van der Waals surface area contributed by atoms with E-state index in [4.69, 9.17) is 0 Å². The maximum atomic E-state index is 13.6. The van der Waals surface area contributed by atoms with Crippen LogP contribution in [0.5, 0.6) is 0 Å². The summed E-state index contributed by atoms with van der Waals surface area (Å²) in [4.78, 5) is 25.0. The van der Waals surface area contributed by atoms with Crippen molar-refractivity contribution in [1.29, 1.82) is 0 Å². The van der Waals surface area contributed by atoms with Crippen molar-refractivity contribution >= 4 is 11.8 Å². The van der Waals surface area contributed by atoms with E-state index in [9.17, 15) is 18.4 Å². The molecule has 100 valence electrons. The number of fused-ring (bicyclic) bond motifs is 1. The Bertz CT molecular complexity index is 672. The number of carbonyl (C=O) groups is 2. The van der Waals surface area contributed by atoms with Gasteiger partial charge in [-0.3, -0.25) is 14.5 Å². The second-order valence-corrected chi connectivity index (χ2v) is 4.44. The highest BCUT2D eigenvalue weighted by Gasteiger charge is 2.35. The number of nitrogens with zero attached hydrogens (tertiary/aromatic N) is 1. The number of rotatable bonds is 2. The van der Waals surface area contributed by atoms with E-state index in [1.807, 2.05) is 0 Å². The van der Waals surface area contributed by atoms with Crippen molar-refractivity contribution in [2.24, 2.45) is 0 Å². The van der Waals surface area contributed by atoms with Crippen LogP contribution in [0.2, 0.25) is 0 Å². The van der Waals surface area contributed by atoms with Crippen LogP contribution in [0.1, 0.15) is 26.3 Å². The Kier molecular flexibility index (Phi) is 2.82. The molecule has 0 radical (unpaired) electrons. The predicted molar refractivity (Wildman–Crippen MR) is 67.0 cm³/mol. The van der Waals surface area contributed by atoms with Crippen LogP contribution < -0.4 is 0 Å². The van der Waals surface area contributed by atoms with Crippen LogP contribution in [0, 0.1) is 11.6 Å². The Balaban J connectivity index is 1.98. The van der Waals surface area contributed by atoms with Gasteiger partial charge in [-0.2, -0.15) is 0 Å². The molecule has 0 atom stereocenters. The number of benzene rings is 2. The van der Waals surface area contributed by atoms with Crippen LogP contribution >= 0.6 is 0 Å². The lowest BCUT2D eigenvalue weighted by Gasteiger charge is -2.14. The smallest absolute Gasteiger partial charge is 0.261 e. The number of halogens is 2. The fourth-order valence-corrected chi connectivity index (χ4v) is 2.22. The summed E-state index contributed by atoms with van der Waals surface area (Å²) in [6.45, 7) is -0.412. The Morgan fingerprint density at radius 3 is 1.80 bits per heavy atom. The minimum Gasteiger partial charge on any atom is -0.270 e. The zero-order valence-corrected chi connectivity index (χ0v) is 10.3. The molecule has 0 spiro atoms. The molecule has 3 rings (SSSR count). The summed E-state index contributed by atoms with van der Waals surface area (Å²) in [6, 6.07) is 9.73. The van der Waals surface area contributed by atoms with Crippen LogP contribution in [0.3, 0.4) is 0 Å². The van der Waals surface area contributed by atoms with Gasteiger partial charge in [-0.1, -0.05) is 18.2 Å². The molecule has 2 amide bonds. The van der Waals surface area contributed by atoms with Crippen LogP contribution in [-0.2, 0) is 6.54 Å². The molecule has 0 aliphatic carbocycles. The van der Waals surface area contributed by atoms with E-state index in [0.717, 1.165) is 17.0 Å². The van der Waals surface area contributed by atoms with Gasteiger partial charge in [-0.25, -0.2) is 8.78 Å².